The lowest BCUT2D eigenvalue weighted by Crippen LogP contribution is -2.34. The third-order valence-electron chi connectivity index (χ3n) is 4.82. The molecule has 0 atom stereocenters. The molecule has 1 fully saturated rings. The summed E-state index contributed by atoms with van der Waals surface area (Å²) in [4.78, 5) is 16.7. The quantitative estimate of drug-likeness (QED) is 0.714. The number of halogens is 1. The van der Waals surface area contributed by atoms with Crippen LogP contribution in [0, 0.1) is 0 Å². The lowest BCUT2D eigenvalue weighted by atomic mass is 10.1. The van der Waals surface area contributed by atoms with E-state index in [1.54, 1.807) is 12.4 Å². The van der Waals surface area contributed by atoms with Gasteiger partial charge in [0.25, 0.3) is 5.91 Å². The molecule has 0 saturated heterocycles. The predicted molar refractivity (Wildman–Crippen MR) is 107 cm³/mol. The first-order chi connectivity index (χ1) is 12.7. The summed E-state index contributed by atoms with van der Waals surface area (Å²) in [5.74, 6) is -0.0251. The molecule has 1 aliphatic rings. The van der Waals surface area contributed by atoms with Crippen LogP contribution in [0.15, 0.2) is 42.7 Å². The fourth-order valence-electron chi connectivity index (χ4n) is 3.40. The molecule has 0 aliphatic heterocycles. The minimum absolute atomic E-state index is 0.0251. The molecule has 5 heteroatoms. The van der Waals surface area contributed by atoms with Crippen molar-refractivity contribution in [2.24, 2.45) is 0 Å². The van der Waals surface area contributed by atoms with E-state index >= 15 is 0 Å². The van der Waals surface area contributed by atoms with Crippen LogP contribution in [-0.2, 0) is 6.42 Å². The number of carbonyl (C=O) groups is 1. The second-order valence-corrected chi connectivity index (χ2v) is 7.37. The van der Waals surface area contributed by atoms with Gasteiger partial charge in [0.05, 0.1) is 11.3 Å². The van der Waals surface area contributed by atoms with Gasteiger partial charge in [0.2, 0.25) is 0 Å². The monoisotopic (exact) mass is 371 g/mol. The maximum atomic E-state index is 12.5. The largest absolute Gasteiger partial charge is 0.383 e. The van der Waals surface area contributed by atoms with Crippen LogP contribution < -0.4 is 10.6 Å². The van der Waals surface area contributed by atoms with E-state index in [2.05, 4.69) is 21.7 Å². The standard InChI is InChI=1S/C21H26ClN3O/c22-18-7-5-6-16(12-18)10-11-24-20-13-17(14-23-15-20)21(26)25-19-8-3-1-2-4-9-19/h5-7,12-15,19,24H,1-4,8-11H2,(H,25,26). The lowest BCUT2D eigenvalue weighted by molar-refractivity contribution is 0.0933. The molecule has 26 heavy (non-hydrogen) atoms. The van der Waals surface area contributed by atoms with E-state index < -0.39 is 0 Å². The first-order valence-electron chi connectivity index (χ1n) is 9.45. The van der Waals surface area contributed by atoms with Gasteiger partial charge in [0, 0.05) is 30.0 Å². The van der Waals surface area contributed by atoms with Gasteiger partial charge in [-0.3, -0.25) is 9.78 Å². The summed E-state index contributed by atoms with van der Waals surface area (Å²) >= 11 is 6.01. The zero-order chi connectivity index (χ0) is 18.2. The van der Waals surface area contributed by atoms with Crippen molar-refractivity contribution in [3.8, 4) is 0 Å². The molecule has 1 amide bonds. The van der Waals surface area contributed by atoms with E-state index in [1.165, 1.54) is 31.2 Å². The highest BCUT2D eigenvalue weighted by molar-refractivity contribution is 6.30. The Morgan fingerprint density at radius 1 is 1.12 bits per heavy atom. The van der Waals surface area contributed by atoms with Crippen LogP contribution >= 0.6 is 11.6 Å². The minimum atomic E-state index is -0.0251. The number of anilines is 1. The SMILES string of the molecule is O=C(NC1CCCCCC1)c1cncc(NCCc2cccc(Cl)c2)c1. The third kappa shape index (κ3) is 5.73. The highest BCUT2D eigenvalue weighted by Gasteiger charge is 2.16. The molecule has 0 bridgehead atoms. The van der Waals surface area contributed by atoms with Crippen LogP contribution in [-0.4, -0.2) is 23.5 Å². The van der Waals surface area contributed by atoms with Crippen LogP contribution in [0.5, 0.6) is 0 Å². The van der Waals surface area contributed by atoms with Crippen LogP contribution in [0.2, 0.25) is 5.02 Å². The number of amides is 1. The summed E-state index contributed by atoms with van der Waals surface area (Å²) in [5.41, 5.74) is 2.66. The maximum Gasteiger partial charge on any atom is 0.253 e. The topological polar surface area (TPSA) is 54.0 Å². The molecule has 1 aromatic carbocycles. The Labute approximate surface area is 160 Å². The molecule has 0 unspecified atom stereocenters. The number of pyridine rings is 1. The van der Waals surface area contributed by atoms with Crippen molar-refractivity contribution in [3.05, 3.63) is 58.9 Å². The summed E-state index contributed by atoms with van der Waals surface area (Å²) in [5, 5.41) is 7.26. The predicted octanol–water partition coefficient (Wildman–Crippen LogP) is 4.84. The summed E-state index contributed by atoms with van der Waals surface area (Å²) in [6, 6.07) is 10.0. The first-order valence-corrected chi connectivity index (χ1v) is 9.83. The lowest BCUT2D eigenvalue weighted by Gasteiger charge is -2.16. The van der Waals surface area contributed by atoms with Gasteiger partial charge in [-0.05, 0) is 43.0 Å². The molecule has 4 nitrogen and oxygen atoms in total. The third-order valence-corrected chi connectivity index (χ3v) is 5.06. The number of nitrogens with one attached hydrogen (secondary N) is 2. The summed E-state index contributed by atoms with van der Waals surface area (Å²) < 4.78 is 0. The van der Waals surface area contributed by atoms with Crippen LogP contribution in [0.25, 0.3) is 0 Å². The molecule has 0 radical (unpaired) electrons. The smallest absolute Gasteiger partial charge is 0.253 e. The van der Waals surface area contributed by atoms with Gasteiger partial charge in [-0.15, -0.1) is 0 Å². The number of aromatic nitrogens is 1. The Hall–Kier alpha value is -2.07. The molecule has 3 rings (SSSR count). The molecule has 138 valence electrons. The number of hydrogen-bond donors (Lipinski definition) is 2. The fourth-order valence-corrected chi connectivity index (χ4v) is 3.61. The van der Waals surface area contributed by atoms with Crippen molar-refractivity contribution in [2.75, 3.05) is 11.9 Å². The summed E-state index contributed by atoms with van der Waals surface area (Å²) in [6.45, 7) is 0.760. The zero-order valence-corrected chi connectivity index (χ0v) is 15.8. The van der Waals surface area contributed by atoms with Crippen LogP contribution in [0.4, 0.5) is 5.69 Å². The van der Waals surface area contributed by atoms with Crippen LogP contribution in [0.1, 0.15) is 54.4 Å². The normalized spacial score (nSPS) is 15.3. The van der Waals surface area contributed by atoms with Gasteiger partial charge < -0.3 is 10.6 Å². The van der Waals surface area contributed by atoms with Gasteiger partial charge in [-0.2, -0.15) is 0 Å². The molecule has 0 spiro atoms. The van der Waals surface area contributed by atoms with Crippen molar-refractivity contribution >= 4 is 23.2 Å². The molecule has 1 aromatic heterocycles. The van der Waals surface area contributed by atoms with Gasteiger partial charge in [-0.1, -0.05) is 49.4 Å². The number of hydrogen-bond acceptors (Lipinski definition) is 3. The Morgan fingerprint density at radius 3 is 2.69 bits per heavy atom. The highest BCUT2D eigenvalue weighted by atomic mass is 35.5. The van der Waals surface area contributed by atoms with Gasteiger partial charge in [0.1, 0.15) is 0 Å². The van der Waals surface area contributed by atoms with Crippen molar-refractivity contribution in [1.82, 2.24) is 10.3 Å². The zero-order valence-electron chi connectivity index (χ0n) is 15.0. The molecule has 2 aromatic rings. The Kier molecular flexibility index (Phi) is 6.89. The van der Waals surface area contributed by atoms with Crippen molar-refractivity contribution in [1.29, 1.82) is 0 Å². The van der Waals surface area contributed by atoms with Crippen molar-refractivity contribution in [2.45, 2.75) is 51.0 Å². The van der Waals surface area contributed by atoms with Gasteiger partial charge in [-0.25, -0.2) is 0 Å². The second-order valence-electron chi connectivity index (χ2n) is 6.93. The maximum absolute atomic E-state index is 12.5. The summed E-state index contributed by atoms with van der Waals surface area (Å²) in [7, 11) is 0. The Balaban J connectivity index is 1.52. The van der Waals surface area contributed by atoms with Gasteiger partial charge in [0.15, 0.2) is 0 Å². The fraction of sp³-hybridized carbons (Fsp3) is 0.429. The van der Waals surface area contributed by atoms with E-state index in [9.17, 15) is 4.79 Å². The van der Waals surface area contributed by atoms with Gasteiger partial charge >= 0.3 is 0 Å². The highest BCUT2D eigenvalue weighted by Crippen LogP contribution is 2.18. The van der Waals surface area contributed by atoms with Crippen molar-refractivity contribution < 1.29 is 4.79 Å². The average Bonchev–Trinajstić information content (AvgIpc) is 2.91. The molecule has 1 saturated carbocycles. The van der Waals surface area contributed by atoms with E-state index in [0.29, 0.717) is 11.6 Å². The number of nitrogens with zero attached hydrogens (tertiary/aromatic N) is 1. The molecular formula is C21H26ClN3O. The van der Waals surface area contributed by atoms with E-state index in [1.807, 2.05) is 24.3 Å². The summed E-state index contributed by atoms with van der Waals surface area (Å²) in [6.07, 6.45) is 11.4. The number of rotatable bonds is 6. The molecule has 1 heterocycles. The van der Waals surface area contributed by atoms with Crippen molar-refractivity contribution in [3.63, 3.8) is 0 Å². The average molecular weight is 372 g/mol. The molecule has 2 N–H and O–H groups in total. The number of benzene rings is 1. The van der Waals surface area contributed by atoms with E-state index in [4.69, 9.17) is 11.6 Å². The Morgan fingerprint density at radius 2 is 1.92 bits per heavy atom. The molecule has 1 aliphatic carbocycles. The molecular weight excluding hydrogens is 346 g/mol. The number of carbonyl (C=O) groups excluding carboxylic acids is 1. The first kappa shape index (κ1) is 18.7. The van der Waals surface area contributed by atoms with E-state index in [-0.39, 0.29) is 5.91 Å². The minimum Gasteiger partial charge on any atom is -0.383 e. The van der Waals surface area contributed by atoms with Crippen LogP contribution in [0.3, 0.4) is 0 Å². The Bertz CT molecular complexity index is 727. The van der Waals surface area contributed by atoms with E-state index in [0.717, 1.165) is 36.5 Å². The second kappa shape index (κ2) is 9.58.